The number of hydrogen-bond donors (Lipinski definition) is 2. The van der Waals surface area contributed by atoms with Crippen LogP contribution in [0.4, 0.5) is 0 Å². The van der Waals surface area contributed by atoms with E-state index < -0.39 is 0 Å². The average Bonchev–Trinajstić information content (AvgIpc) is 2.69. The molecule has 0 atom stereocenters. The maximum absolute atomic E-state index is 8.88. The number of nitrogens with one attached hydrogen (secondary N) is 2. The Morgan fingerprint density at radius 1 is 1.00 bits per heavy atom. The Bertz CT molecular complexity index is 653. The van der Waals surface area contributed by atoms with Crippen LogP contribution in [0.1, 0.15) is 84.5 Å². The van der Waals surface area contributed by atoms with Crippen molar-refractivity contribution in [2.45, 2.75) is 84.5 Å². The summed E-state index contributed by atoms with van der Waals surface area (Å²) in [5, 5.41) is 17.6. The van der Waals surface area contributed by atoms with Crippen molar-refractivity contribution in [1.29, 1.82) is 10.8 Å². The molecule has 0 amide bonds. The lowest BCUT2D eigenvalue weighted by atomic mass is 9.84. The van der Waals surface area contributed by atoms with Gasteiger partial charge in [0.25, 0.3) is 0 Å². The highest BCUT2D eigenvalue weighted by atomic mass is 15.1. The minimum Gasteiger partial charge on any atom is -0.370 e. The van der Waals surface area contributed by atoms with Crippen LogP contribution in [0.15, 0.2) is 34.6 Å². The molecule has 0 aromatic carbocycles. The van der Waals surface area contributed by atoms with Gasteiger partial charge in [-0.25, -0.2) is 0 Å². The Labute approximate surface area is 165 Å². The second kappa shape index (κ2) is 9.52. The molecule has 1 heterocycles. The van der Waals surface area contributed by atoms with E-state index in [0.717, 1.165) is 49.3 Å². The fourth-order valence-electron chi connectivity index (χ4n) is 4.77. The van der Waals surface area contributed by atoms with E-state index >= 15 is 0 Å². The lowest BCUT2D eigenvalue weighted by molar-refractivity contribution is 0.294. The van der Waals surface area contributed by atoms with Gasteiger partial charge in [-0.3, -0.25) is 0 Å². The van der Waals surface area contributed by atoms with Crippen LogP contribution in [0, 0.1) is 16.7 Å². The smallest absolute Gasteiger partial charge is 0.0632 e. The van der Waals surface area contributed by atoms with Crippen LogP contribution in [0.2, 0.25) is 0 Å². The molecule has 1 saturated carbocycles. The summed E-state index contributed by atoms with van der Waals surface area (Å²) < 4.78 is 0. The molecule has 3 nitrogen and oxygen atoms in total. The van der Waals surface area contributed by atoms with Gasteiger partial charge in [0, 0.05) is 13.1 Å². The van der Waals surface area contributed by atoms with Crippen molar-refractivity contribution in [3.05, 3.63) is 34.6 Å². The number of likely N-dealkylation sites (tertiary alicyclic amines) is 1. The molecular formula is C24H37N3. The van der Waals surface area contributed by atoms with E-state index in [2.05, 4.69) is 24.8 Å². The van der Waals surface area contributed by atoms with Gasteiger partial charge < -0.3 is 15.7 Å². The molecule has 0 bridgehead atoms. The Kier molecular flexibility index (Phi) is 7.09. The highest BCUT2D eigenvalue weighted by Crippen LogP contribution is 2.29. The Morgan fingerprint density at radius 3 is 2.37 bits per heavy atom. The van der Waals surface area contributed by atoms with Crippen LogP contribution in [0.5, 0.6) is 0 Å². The predicted octanol–water partition coefficient (Wildman–Crippen LogP) is 6.42. The van der Waals surface area contributed by atoms with Crippen LogP contribution < -0.4 is 0 Å². The molecule has 3 aliphatic rings. The van der Waals surface area contributed by atoms with Crippen molar-refractivity contribution in [2.24, 2.45) is 5.92 Å². The van der Waals surface area contributed by atoms with Gasteiger partial charge in [-0.05, 0) is 69.9 Å². The molecule has 0 unspecified atom stereocenters. The largest absolute Gasteiger partial charge is 0.370 e. The molecule has 0 aromatic rings. The summed E-state index contributed by atoms with van der Waals surface area (Å²) in [6, 6.07) is 0. The van der Waals surface area contributed by atoms with Crippen molar-refractivity contribution in [3.63, 3.8) is 0 Å². The Morgan fingerprint density at radius 2 is 1.67 bits per heavy atom. The molecule has 2 aliphatic carbocycles. The van der Waals surface area contributed by atoms with Crippen LogP contribution in [-0.2, 0) is 0 Å². The van der Waals surface area contributed by atoms with Gasteiger partial charge in [0.05, 0.1) is 17.1 Å². The van der Waals surface area contributed by atoms with Gasteiger partial charge >= 0.3 is 0 Å². The quantitative estimate of drug-likeness (QED) is 0.523. The first kappa shape index (κ1) is 20.1. The first-order valence-electron chi connectivity index (χ1n) is 11.0. The van der Waals surface area contributed by atoms with Gasteiger partial charge in [0.2, 0.25) is 0 Å². The average molecular weight is 368 g/mol. The Balaban J connectivity index is 1.81. The molecule has 0 spiro atoms. The van der Waals surface area contributed by atoms with Crippen LogP contribution in [0.3, 0.4) is 0 Å². The van der Waals surface area contributed by atoms with E-state index in [4.69, 9.17) is 10.8 Å². The summed E-state index contributed by atoms with van der Waals surface area (Å²) >= 11 is 0. The maximum atomic E-state index is 8.88. The highest BCUT2D eigenvalue weighted by molar-refractivity contribution is 6.13. The fourth-order valence-corrected chi connectivity index (χ4v) is 4.77. The molecule has 2 fully saturated rings. The summed E-state index contributed by atoms with van der Waals surface area (Å²) in [6.07, 6.45) is 17.6. The van der Waals surface area contributed by atoms with E-state index in [0.29, 0.717) is 11.6 Å². The second-order valence-electron chi connectivity index (χ2n) is 8.86. The zero-order valence-electron chi connectivity index (χ0n) is 17.4. The molecule has 3 rings (SSSR count). The first-order valence-corrected chi connectivity index (χ1v) is 11.0. The van der Waals surface area contributed by atoms with Crippen LogP contribution >= 0.6 is 0 Å². The van der Waals surface area contributed by atoms with E-state index in [1.54, 1.807) is 0 Å². The maximum Gasteiger partial charge on any atom is 0.0632 e. The second-order valence-corrected chi connectivity index (χ2v) is 8.86. The number of nitrogens with zero attached hydrogens (tertiary/aromatic N) is 1. The highest BCUT2D eigenvalue weighted by Gasteiger charge is 2.22. The number of piperidine rings is 1. The molecule has 1 aliphatic heterocycles. The van der Waals surface area contributed by atoms with Crippen molar-refractivity contribution in [3.8, 4) is 0 Å². The van der Waals surface area contributed by atoms with E-state index in [1.807, 2.05) is 6.08 Å². The number of hydrogen-bond acceptors (Lipinski definition) is 3. The lowest BCUT2D eigenvalue weighted by Crippen LogP contribution is -2.33. The Hall–Kier alpha value is -1.64. The van der Waals surface area contributed by atoms with Gasteiger partial charge in [0.15, 0.2) is 0 Å². The van der Waals surface area contributed by atoms with Gasteiger partial charge in [-0.15, -0.1) is 0 Å². The summed E-state index contributed by atoms with van der Waals surface area (Å²) in [6.45, 7) is 6.41. The van der Waals surface area contributed by atoms with E-state index in [-0.39, 0.29) is 0 Å². The molecule has 0 aromatic heterocycles. The van der Waals surface area contributed by atoms with Crippen molar-refractivity contribution < 1.29 is 0 Å². The third kappa shape index (κ3) is 5.43. The molecular weight excluding hydrogens is 330 g/mol. The van der Waals surface area contributed by atoms with Crippen molar-refractivity contribution in [1.82, 2.24) is 4.90 Å². The minimum absolute atomic E-state index is 0.598. The topological polar surface area (TPSA) is 50.9 Å². The fraction of sp³-hybridized carbons (Fsp3) is 0.667. The zero-order valence-corrected chi connectivity index (χ0v) is 17.4. The summed E-state index contributed by atoms with van der Waals surface area (Å²) in [5.41, 5.74) is 6.16. The summed E-state index contributed by atoms with van der Waals surface area (Å²) in [4.78, 5) is 2.39. The predicted molar refractivity (Wildman–Crippen MR) is 116 cm³/mol. The third-order valence-corrected chi connectivity index (χ3v) is 6.54. The summed E-state index contributed by atoms with van der Waals surface area (Å²) in [7, 11) is 0. The molecule has 148 valence electrons. The van der Waals surface area contributed by atoms with E-state index in [1.165, 1.54) is 62.5 Å². The van der Waals surface area contributed by atoms with Crippen LogP contribution in [0.25, 0.3) is 0 Å². The van der Waals surface area contributed by atoms with Gasteiger partial charge in [-0.2, -0.15) is 0 Å². The lowest BCUT2D eigenvalue weighted by Gasteiger charge is -2.33. The van der Waals surface area contributed by atoms with Gasteiger partial charge in [-0.1, -0.05) is 49.3 Å². The van der Waals surface area contributed by atoms with Gasteiger partial charge in [0.1, 0.15) is 0 Å². The van der Waals surface area contributed by atoms with Crippen LogP contribution in [-0.4, -0.2) is 29.4 Å². The SMILES string of the molecule is CC1=CC(C(=N)/C=C(\C(=N)CC2CCCCC2)N2CCCCC2)=C(C)CC1. The molecule has 2 N–H and O–H groups in total. The minimum atomic E-state index is 0.598. The monoisotopic (exact) mass is 367 g/mol. The number of rotatable bonds is 6. The summed E-state index contributed by atoms with van der Waals surface area (Å²) in [5.74, 6) is 0.673. The third-order valence-electron chi connectivity index (χ3n) is 6.54. The first-order chi connectivity index (χ1) is 13.0. The molecule has 27 heavy (non-hydrogen) atoms. The van der Waals surface area contributed by atoms with Crippen molar-refractivity contribution in [2.75, 3.05) is 13.1 Å². The zero-order chi connectivity index (χ0) is 19.2. The molecule has 0 radical (unpaired) electrons. The molecule has 3 heteroatoms. The van der Waals surface area contributed by atoms with Crippen molar-refractivity contribution >= 4 is 11.4 Å². The normalized spacial score (nSPS) is 22.7. The standard InChI is InChI=1S/C24H37N3/c1-18-11-12-19(2)21(15-18)22(25)17-24(27-13-7-4-8-14-27)23(26)16-20-9-5-3-6-10-20/h15,17,20,25-26H,3-14,16H2,1-2H3/b24-17+,25-22?,26-23?. The number of allylic oxidation sites excluding steroid dienone is 6. The molecule has 1 saturated heterocycles. The van der Waals surface area contributed by atoms with E-state index in [9.17, 15) is 0 Å².